The van der Waals surface area contributed by atoms with Crippen LogP contribution in [-0.4, -0.2) is 24.9 Å². The maximum Gasteiger partial charge on any atom is 0.221 e. The number of rotatable bonds is 6. The molecule has 0 aliphatic carbocycles. The summed E-state index contributed by atoms with van der Waals surface area (Å²) in [6.45, 7) is 7.40. The van der Waals surface area contributed by atoms with Crippen LogP contribution in [0.3, 0.4) is 0 Å². The first-order valence-corrected chi connectivity index (χ1v) is 7.03. The molecule has 0 saturated carbocycles. The summed E-state index contributed by atoms with van der Waals surface area (Å²) in [6.07, 6.45) is 0.347. The van der Waals surface area contributed by atoms with Gasteiger partial charge in [0.15, 0.2) is 0 Å². The second-order valence-corrected chi connectivity index (χ2v) is 5.76. The summed E-state index contributed by atoms with van der Waals surface area (Å²) in [5, 5.41) is 2.76. The van der Waals surface area contributed by atoms with E-state index in [1.165, 1.54) is 5.56 Å². The Labute approximate surface area is 120 Å². The Morgan fingerprint density at radius 1 is 1.32 bits per heavy atom. The molecule has 106 valence electrons. The number of carbonyl (C=O) groups excluding carboxylic acids is 1. The molecule has 3 nitrogen and oxygen atoms in total. The third-order valence-corrected chi connectivity index (χ3v) is 2.89. The maximum atomic E-state index is 11.2. The lowest BCUT2D eigenvalue weighted by molar-refractivity contribution is -0.120. The molecule has 0 aliphatic heterocycles. The van der Waals surface area contributed by atoms with E-state index in [0.717, 1.165) is 5.75 Å². The van der Waals surface area contributed by atoms with Gasteiger partial charge in [0.2, 0.25) is 5.91 Å². The van der Waals surface area contributed by atoms with E-state index in [1.807, 2.05) is 18.2 Å². The molecule has 0 atom stereocenters. The zero-order chi connectivity index (χ0) is 14.3. The summed E-state index contributed by atoms with van der Waals surface area (Å²) in [5.41, 5.74) is 1.21. The van der Waals surface area contributed by atoms with Crippen LogP contribution in [-0.2, 0) is 10.2 Å². The molecule has 0 spiro atoms. The Balaban J connectivity index is 2.48. The van der Waals surface area contributed by atoms with Crippen LogP contribution in [0.2, 0.25) is 0 Å². The number of carbonyl (C=O) groups is 1. The molecule has 0 radical (unpaired) electrons. The molecule has 1 amide bonds. The quantitative estimate of drug-likeness (QED) is 0.643. The van der Waals surface area contributed by atoms with Crippen molar-refractivity contribution >= 4 is 17.5 Å². The highest BCUT2D eigenvalue weighted by atomic mass is 35.5. The van der Waals surface area contributed by atoms with Crippen molar-refractivity contribution in [3.63, 3.8) is 0 Å². The molecule has 0 unspecified atom stereocenters. The maximum absolute atomic E-state index is 11.2. The third kappa shape index (κ3) is 5.52. The Morgan fingerprint density at radius 3 is 2.63 bits per heavy atom. The average Bonchev–Trinajstić information content (AvgIpc) is 2.34. The van der Waals surface area contributed by atoms with Gasteiger partial charge in [-0.05, 0) is 17.0 Å². The molecule has 0 aromatic heterocycles. The Hall–Kier alpha value is -1.22. The van der Waals surface area contributed by atoms with Gasteiger partial charge in [-0.3, -0.25) is 4.79 Å². The second kappa shape index (κ2) is 7.39. The fourth-order valence-corrected chi connectivity index (χ4v) is 1.91. The van der Waals surface area contributed by atoms with Crippen molar-refractivity contribution in [1.82, 2.24) is 5.32 Å². The zero-order valence-electron chi connectivity index (χ0n) is 11.8. The number of halogens is 1. The van der Waals surface area contributed by atoms with Crippen LogP contribution in [0.5, 0.6) is 5.75 Å². The zero-order valence-corrected chi connectivity index (χ0v) is 12.6. The van der Waals surface area contributed by atoms with Gasteiger partial charge < -0.3 is 10.1 Å². The smallest absolute Gasteiger partial charge is 0.221 e. The van der Waals surface area contributed by atoms with Crippen LogP contribution in [0, 0.1) is 0 Å². The standard InChI is InChI=1S/C15H22ClNO2/c1-15(2,3)12-6-4-5-7-13(12)19-11-10-17-14(18)8-9-16/h4-7H,8-11H2,1-3H3,(H,17,18). The predicted octanol–water partition coefficient (Wildman–Crippen LogP) is 3.11. The van der Waals surface area contributed by atoms with Gasteiger partial charge in [-0.15, -0.1) is 11.6 Å². The second-order valence-electron chi connectivity index (χ2n) is 5.38. The highest BCUT2D eigenvalue weighted by molar-refractivity contribution is 6.18. The predicted molar refractivity (Wildman–Crippen MR) is 79.0 cm³/mol. The molecule has 0 aliphatic rings. The number of amides is 1. The van der Waals surface area contributed by atoms with E-state index in [0.29, 0.717) is 25.5 Å². The van der Waals surface area contributed by atoms with Crippen LogP contribution in [0.4, 0.5) is 0 Å². The van der Waals surface area contributed by atoms with Crippen molar-refractivity contribution in [3.05, 3.63) is 29.8 Å². The SMILES string of the molecule is CC(C)(C)c1ccccc1OCCNC(=O)CCCl. The molecule has 0 bridgehead atoms. The van der Waals surface area contributed by atoms with Gasteiger partial charge >= 0.3 is 0 Å². The minimum atomic E-state index is -0.0392. The lowest BCUT2D eigenvalue weighted by Crippen LogP contribution is -2.28. The first-order valence-electron chi connectivity index (χ1n) is 6.50. The topological polar surface area (TPSA) is 38.3 Å². The molecule has 1 rings (SSSR count). The summed E-state index contributed by atoms with van der Waals surface area (Å²) in [7, 11) is 0. The lowest BCUT2D eigenvalue weighted by Gasteiger charge is -2.22. The monoisotopic (exact) mass is 283 g/mol. The van der Waals surface area contributed by atoms with Crippen LogP contribution in [0.25, 0.3) is 0 Å². The molecular formula is C15H22ClNO2. The number of ether oxygens (including phenoxy) is 1. The highest BCUT2D eigenvalue weighted by Crippen LogP contribution is 2.30. The van der Waals surface area contributed by atoms with E-state index >= 15 is 0 Å². The fourth-order valence-electron chi connectivity index (χ4n) is 1.74. The molecule has 1 aromatic carbocycles. The van der Waals surface area contributed by atoms with Gasteiger partial charge in [0, 0.05) is 12.3 Å². The van der Waals surface area contributed by atoms with Gasteiger partial charge in [-0.1, -0.05) is 39.0 Å². The third-order valence-electron chi connectivity index (χ3n) is 2.70. The molecule has 1 aromatic rings. The number of hydrogen-bond acceptors (Lipinski definition) is 2. The lowest BCUT2D eigenvalue weighted by atomic mass is 9.86. The van der Waals surface area contributed by atoms with E-state index in [2.05, 4.69) is 32.2 Å². The van der Waals surface area contributed by atoms with E-state index < -0.39 is 0 Å². The van der Waals surface area contributed by atoms with Crippen molar-refractivity contribution in [1.29, 1.82) is 0 Å². The summed E-state index contributed by atoms with van der Waals surface area (Å²) in [5.74, 6) is 1.18. The minimum Gasteiger partial charge on any atom is -0.491 e. The molecule has 1 N–H and O–H groups in total. The number of hydrogen-bond donors (Lipinski definition) is 1. The Kier molecular flexibility index (Phi) is 6.16. The largest absolute Gasteiger partial charge is 0.491 e. The van der Waals surface area contributed by atoms with E-state index in [4.69, 9.17) is 16.3 Å². The van der Waals surface area contributed by atoms with Crippen molar-refractivity contribution in [2.24, 2.45) is 0 Å². The fraction of sp³-hybridized carbons (Fsp3) is 0.533. The van der Waals surface area contributed by atoms with Crippen molar-refractivity contribution in [2.75, 3.05) is 19.0 Å². The number of nitrogens with one attached hydrogen (secondary N) is 1. The molecule has 4 heteroatoms. The van der Waals surface area contributed by atoms with E-state index in [9.17, 15) is 4.79 Å². The van der Waals surface area contributed by atoms with Crippen molar-refractivity contribution in [3.8, 4) is 5.75 Å². The van der Waals surface area contributed by atoms with Gasteiger partial charge in [-0.25, -0.2) is 0 Å². The Bertz CT molecular complexity index is 413. The summed E-state index contributed by atoms with van der Waals surface area (Å²) in [6, 6.07) is 7.99. The van der Waals surface area contributed by atoms with Gasteiger partial charge in [0.25, 0.3) is 0 Å². The summed E-state index contributed by atoms with van der Waals surface area (Å²) < 4.78 is 5.74. The van der Waals surface area contributed by atoms with Crippen LogP contribution in [0.15, 0.2) is 24.3 Å². The van der Waals surface area contributed by atoms with Crippen LogP contribution in [0.1, 0.15) is 32.8 Å². The molecule has 0 saturated heterocycles. The van der Waals surface area contributed by atoms with Crippen molar-refractivity contribution in [2.45, 2.75) is 32.6 Å². The van der Waals surface area contributed by atoms with Crippen LogP contribution >= 0.6 is 11.6 Å². The first-order chi connectivity index (χ1) is 8.95. The van der Waals surface area contributed by atoms with Gasteiger partial charge in [0.05, 0.1) is 6.54 Å². The minimum absolute atomic E-state index is 0.0392. The summed E-state index contributed by atoms with van der Waals surface area (Å²) in [4.78, 5) is 11.2. The van der Waals surface area contributed by atoms with Gasteiger partial charge in [0.1, 0.15) is 12.4 Å². The van der Waals surface area contributed by atoms with Gasteiger partial charge in [-0.2, -0.15) is 0 Å². The molecular weight excluding hydrogens is 262 g/mol. The number of benzene rings is 1. The first kappa shape index (κ1) is 15.8. The number of alkyl halides is 1. The highest BCUT2D eigenvalue weighted by Gasteiger charge is 2.18. The van der Waals surface area contributed by atoms with Crippen molar-refractivity contribution < 1.29 is 9.53 Å². The number of para-hydroxylation sites is 1. The van der Waals surface area contributed by atoms with Crippen LogP contribution < -0.4 is 10.1 Å². The molecule has 0 fully saturated rings. The molecule has 19 heavy (non-hydrogen) atoms. The normalized spacial score (nSPS) is 11.2. The average molecular weight is 284 g/mol. The Morgan fingerprint density at radius 2 is 2.00 bits per heavy atom. The van der Waals surface area contributed by atoms with E-state index in [1.54, 1.807) is 0 Å². The molecule has 0 heterocycles. The summed E-state index contributed by atoms with van der Waals surface area (Å²) >= 11 is 5.48. The van der Waals surface area contributed by atoms with E-state index in [-0.39, 0.29) is 11.3 Å².